The number of hydrogen-bond acceptors (Lipinski definition) is 2. The molecule has 0 bridgehead atoms. The molecule has 0 aromatic heterocycles. The number of hydrogen-bond donors (Lipinski definition) is 0. The molecule has 2 heteroatoms. The number of aryl methyl sites for hydroxylation is 2. The molecule has 1 aromatic carbocycles. The Hall–Kier alpha value is -1.15. The van der Waals surface area contributed by atoms with Crippen molar-refractivity contribution >= 4 is 5.78 Å². The molecule has 0 fully saturated rings. The standard InChI is InChI=1S/C18H29NO/c1-6-16(7-2)12-19(8-3)13-18(20)17-10-9-14(4)11-15(17)5/h9-11,16H,6-8,12-13H2,1-5H3. The first-order chi connectivity index (χ1) is 9.51. The molecule has 2 nitrogen and oxygen atoms in total. The van der Waals surface area contributed by atoms with Gasteiger partial charge in [0.1, 0.15) is 0 Å². The van der Waals surface area contributed by atoms with Crippen molar-refractivity contribution in [1.29, 1.82) is 0 Å². The summed E-state index contributed by atoms with van der Waals surface area (Å²) in [6.07, 6.45) is 2.37. The third-order valence-electron chi connectivity index (χ3n) is 4.17. The van der Waals surface area contributed by atoms with Crippen LogP contribution in [0.25, 0.3) is 0 Å². The number of rotatable bonds is 8. The smallest absolute Gasteiger partial charge is 0.177 e. The summed E-state index contributed by atoms with van der Waals surface area (Å²) in [7, 11) is 0. The summed E-state index contributed by atoms with van der Waals surface area (Å²) in [6, 6.07) is 6.08. The van der Waals surface area contributed by atoms with Crippen LogP contribution < -0.4 is 0 Å². The number of ketones is 1. The fraction of sp³-hybridized carbons (Fsp3) is 0.611. The van der Waals surface area contributed by atoms with Crippen molar-refractivity contribution in [3.05, 3.63) is 34.9 Å². The highest BCUT2D eigenvalue weighted by molar-refractivity contribution is 5.98. The lowest BCUT2D eigenvalue weighted by atomic mass is 10.0. The lowest BCUT2D eigenvalue weighted by Gasteiger charge is -2.24. The van der Waals surface area contributed by atoms with E-state index < -0.39 is 0 Å². The molecule has 0 aliphatic heterocycles. The number of likely N-dealkylation sites (N-methyl/N-ethyl adjacent to an activating group) is 1. The van der Waals surface area contributed by atoms with Crippen LogP contribution in [-0.2, 0) is 0 Å². The Labute approximate surface area is 124 Å². The molecule has 0 atom stereocenters. The van der Waals surface area contributed by atoms with E-state index in [0.29, 0.717) is 12.5 Å². The van der Waals surface area contributed by atoms with Crippen LogP contribution in [0, 0.1) is 19.8 Å². The zero-order chi connectivity index (χ0) is 15.1. The highest BCUT2D eigenvalue weighted by atomic mass is 16.1. The zero-order valence-electron chi connectivity index (χ0n) is 13.7. The van der Waals surface area contributed by atoms with Crippen molar-refractivity contribution in [3.63, 3.8) is 0 Å². The summed E-state index contributed by atoms with van der Waals surface area (Å²) in [5.41, 5.74) is 3.18. The molecule has 0 aliphatic rings. The molecule has 0 saturated heterocycles. The molecule has 1 aromatic rings. The highest BCUT2D eigenvalue weighted by Gasteiger charge is 2.15. The lowest BCUT2D eigenvalue weighted by Crippen LogP contribution is -2.34. The second-order valence-electron chi connectivity index (χ2n) is 5.75. The van der Waals surface area contributed by atoms with Gasteiger partial charge in [0.2, 0.25) is 0 Å². The second-order valence-corrected chi connectivity index (χ2v) is 5.75. The average molecular weight is 275 g/mol. The van der Waals surface area contributed by atoms with Gasteiger partial charge in [-0.15, -0.1) is 0 Å². The maximum Gasteiger partial charge on any atom is 0.177 e. The molecule has 0 N–H and O–H groups in total. The molecule has 0 heterocycles. The van der Waals surface area contributed by atoms with E-state index in [2.05, 4.69) is 38.7 Å². The van der Waals surface area contributed by atoms with Crippen LogP contribution in [0.4, 0.5) is 0 Å². The average Bonchev–Trinajstić information content (AvgIpc) is 2.43. The van der Waals surface area contributed by atoms with Crippen molar-refractivity contribution < 1.29 is 4.79 Å². The number of nitrogens with zero attached hydrogens (tertiary/aromatic N) is 1. The lowest BCUT2D eigenvalue weighted by molar-refractivity contribution is 0.0920. The van der Waals surface area contributed by atoms with Crippen LogP contribution >= 0.6 is 0 Å². The third kappa shape index (κ3) is 4.75. The van der Waals surface area contributed by atoms with Crippen molar-refractivity contribution in [2.24, 2.45) is 5.92 Å². The normalized spacial score (nSPS) is 11.3. The van der Waals surface area contributed by atoms with Gasteiger partial charge in [-0.3, -0.25) is 9.69 Å². The largest absolute Gasteiger partial charge is 0.296 e. The molecule has 1 rings (SSSR count). The monoisotopic (exact) mass is 275 g/mol. The quantitative estimate of drug-likeness (QED) is 0.661. The van der Waals surface area contributed by atoms with Gasteiger partial charge in [0.15, 0.2) is 5.78 Å². The number of benzene rings is 1. The molecule has 0 saturated carbocycles. The molecule has 112 valence electrons. The fourth-order valence-electron chi connectivity index (χ4n) is 2.63. The first kappa shape index (κ1) is 16.9. The Morgan fingerprint density at radius 2 is 1.80 bits per heavy atom. The summed E-state index contributed by atoms with van der Waals surface area (Å²) in [5.74, 6) is 0.942. The maximum absolute atomic E-state index is 12.5. The van der Waals surface area contributed by atoms with Crippen LogP contribution in [0.5, 0.6) is 0 Å². The first-order valence-electron chi connectivity index (χ1n) is 7.84. The summed E-state index contributed by atoms with van der Waals surface area (Å²) >= 11 is 0. The summed E-state index contributed by atoms with van der Waals surface area (Å²) in [4.78, 5) is 14.7. The van der Waals surface area contributed by atoms with E-state index >= 15 is 0 Å². The minimum atomic E-state index is 0.246. The van der Waals surface area contributed by atoms with Gasteiger partial charge in [-0.05, 0) is 31.9 Å². The Balaban J connectivity index is 2.71. The van der Waals surface area contributed by atoms with Gasteiger partial charge in [0, 0.05) is 12.1 Å². The van der Waals surface area contributed by atoms with E-state index in [0.717, 1.165) is 24.2 Å². The third-order valence-corrected chi connectivity index (χ3v) is 4.17. The van der Waals surface area contributed by atoms with Gasteiger partial charge >= 0.3 is 0 Å². The Kier molecular flexibility index (Phi) is 6.94. The molecule has 0 aliphatic carbocycles. The van der Waals surface area contributed by atoms with Gasteiger partial charge in [0.25, 0.3) is 0 Å². The van der Waals surface area contributed by atoms with Crippen LogP contribution in [0.3, 0.4) is 0 Å². The number of carbonyl (C=O) groups is 1. The molecule has 0 unspecified atom stereocenters. The van der Waals surface area contributed by atoms with E-state index in [4.69, 9.17) is 0 Å². The van der Waals surface area contributed by atoms with Crippen LogP contribution in [-0.4, -0.2) is 30.3 Å². The summed E-state index contributed by atoms with van der Waals surface area (Å²) in [6.45, 7) is 13.2. The molecule has 0 amide bonds. The molecule has 0 radical (unpaired) electrons. The molecule has 0 spiro atoms. The minimum Gasteiger partial charge on any atom is -0.296 e. The predicted molar refractivity (Wildman–Crippen MR) is 86.4 cm³/mol. The Morgan fingerprint density at radius 1 is 1.15 bits per heavy atom. The summed E-state index contributed by atoms with van der Waals surface area (Å²) in [5, 5.41) is 0. The predicted octanol–water partition coefficient (Wildman–Crippen LogP) is 4.24. The van der Waals surface area contributed by atoms with E-state index in [9.17, 15) is 4.79 Å². The van der Waals surface area contributed by atoms with Gasteiger partial charge < -0.3 is 0 Å². The van der Waals surface area contributed by atoms with Gasteiger partial charge in [-0.2, -0.15) is 0 Å². The van der Waals surface area contributed by atoms with Gasteiger partial charge in [0.05, 0.1) is 6.54 Å². The van der Waals surface area contributed by atoms with Crippen molar-refractivity contribution in [1.82, 2.24) is 4.90 Å². The summed E-state index contributed by atoms with van der Waals surface area (Å²) < 4.78 is 0. The van der Waals surface area contributed by atoms with Crippen molar-refractivity contribution in [2.75, 3.05) is 19.6 Å². The molecular formula is C18H29NO. The van der Waals surface area contributed by atoms with E-state index in [1.807, 2.05) is 19.1 Å². The number of Topliss-reactive ketones (excluding diaryl/α,β-unsaturated/α-hetero) is 1. The molecular weight excluding hydrogens is 246 g/mol. The second kappa shape index (κ2) is 8.21. The zero-order valence-corrected chi connectivity index (χ0v) is 13.7. The van der Waals surface area contributed by atoms with Crippen molar-refractivity contribution in [2.45, 2.75) is 47.5 Å². The van der Waals surface area contributed by atoms with Gasteiger partial charge in [-0.25, -0.2) is 0 Å². The number of carbonyl (C=O) groups excluding carboxylic acids is 1. The van der Waals surface area contributed by atoms with Crippen LogP contribution in [0.15, 0.2) is 18.2 Å². The topological polar surface area (TPSA) is 20.3 Å². The fourth-order valence-corrected chi connectivity index (χ4v) is 2.63. The van der Waals surface area contributed by atoms with E-state index in [-0.39, 0.29) is 5.78 Å². The SMILES string of the molecule is CCC(CC)CN(CC)CC(=O)c1ccc(C)cc1C. The highest BCUT2D eigenvalue weighted by Crippen LogP contribution is 2.14. The maximum atomic E-state index is 12.5. The van der Waals surface area contributed by atoms with E-state index in [1.165, 1.54) is 18.4 Å². The Morgan fingerprint density at radius 3 is 2.30 bits per heavy atom. The van der Waals surface area contributed by atoms with Gasteiger partial charge in [-0.1, -0.05) is 57.4 Å². The van der Waals surface area contributed by atoms with Crippen LogP contribution in [0.2, 0.25) is 0 Å². The Bertz CT molecular complexity index is 435. The minimum absolute atomic E-state index is 0.246. The van der Waals surface area contributed by atoms with Crippen LogP contribution in [0.1, 0.15) is 55.1 Å². The first-order valence-corrected chi connectivity index (χ1v) is 7.84. The molecule has 20 heavy (non-hydrogen) atoms. The van der Waals surface area contributed by atoms with Crippen molar-refractivity contribution in [3.8, 4) is 0 Å². The van der Waals surface area contributed by atoms with E-state index in [1.54, 1.807) is 0 Å².